The summed E-state index contributed by atoms with van der Waals surface area (Å²) in [6, 6.07) is 13.4. The summed E-state index contributed by atoms with van der Waals surface area (Å²) < 4.78 is 0. The normalized spacial score (nSPS) is 11.0. The summed E-state index contributed by atoms with van der Waals surface area (Å²) >= 11 is 5.20. The molecule has 3 aromatic heterocycles. The van der Waals surface area contributed by atoms with Crippen LogP contribution in [-0.4, -0.2) is 0 Å². The maximum atomic E-state index is 9.93. The average Bonchev–Trinajstić information content (AvgIpc) is 3.61. The fourth-order valence-electron chi connectivity index (χ4n) is 4.42. The highest BCUT2D eigenvalue weighted by atomic mass is 32.1. The van der Waals surface area contributed by atoms with E-state index in [1.54, 1.807) is 34.0 Å². The van der Waals surface area contributed by atoms with E-state index in [0.717, 1.165) is 32.4 Å². The molecule has 0 aliphatic rings. The van der Waals surface area contributed by atoms with Crippen molar-refractivity contribution in [3.63, 3.8) is 0 Å². The standard InChI is InChI=1S/C30H38N2S3/c1-3-5-7-9-11-13-15-23-17-19-27(33-23)29-25(21-31)26(22-32)30(35-29)28-20-18-24(34-28)16-14-12-10-8-6-4-2/h17-20H,3-16H2,1-2H3. The van der Waals surface area contributed by atoms with E-state index >= 15 is 0 Å². The van der Waals surface area contributed by atoms with Crippen molar-refractivity contribution in [3.05, 3.63) is 45.1 Å². The Morgan fingerprint density at radius 3 is 1.34 bits per heavy atom. The highest BCUT2D eigenvalue weighted by Gasteiger charge is 2.22. The molecule has 0 aliphatic heterocycles. The smallest absolute Gasteiger partial charge is 0.102 e. The molecule has 186 valence electrons. The molecule has 0 unspecified atom stereocenters. The van der Waals surface area contributed by atoms with Crippen molar-refractivity contribution >= 4 is 34.0 Å². The van der Waals surface area contributed by atoms with Crippen molar-refractivity contribution in [2.45, 2.75) is 104 Å². The zero-order valence-electron chi connectivity index (χ0n) is 21.3. The van der Waals surface area contributed by atoms with Crippen LogP contribution in [0.4, 0.5) is 0 Å². The van der Waals surface area contributed by atoms with Crippen LogP contribution in [0.1, 0.15) is 112 Å². The van der Waals surface area contributed by atoms with E-state index in [1.165, 1.54) is 86.8 Å². The Hall–Kier alpha value is -1.92. The van der Waals surface area contributed by atoms with Gasteiger partial charge in [0.15, 0.2) is 0 Å². The zero-order chi connectivity index (χ0) is 24.9. The molecule has 0 spiro atoms. The number of nitrogens with zero attached hydrogens (tertiary/aromatic N) is 2. The van der Waals surface area contributed by atoms with E-state index in [9.17, 15) is 10.5 Å². The Kier molecular flexibility index (Phi) is 12.1. The highest BCUT2D eigenvalue weighted by molar-refractivity contribution is 7.26. The molecular formula is C30H38N2S3. The lowest BCUT2D eigenvalue weighted by atomic mass is 10.1. The van der Waals surface area contributed by atoms with Crippen LogP contribution < -0.4 is 0 Å². The van der Waals surface area contributed by atoms with Gasteiger partial charge in [-0.05, 0) is 49.9 Å². The lowest BCUT2D eigenvalue weighted by Gasteiger charge is -1.99. The van der Waals surface area contributed by atoms with Crippen LogP contribution in [0.3, 0.4) is 0 Å². The molecule has 0 fully saturated rings. The summed E-state index contributed by atoms with van der Waals surface area (Å²) in [5, 5.41) is 19.9. The largest absolute Gasteiger partial charge is 0.192 e. The predicted octanol–water partition coefficient (Wildman–Crippen LogP) is 10.8. The van der Waals surface area contributed by atoms with E-state index in [-0.39, 0.29) is 0 Å². The minimum atomic E-state index is 0.548. The van der Waals surface area contributed by atoms with Gasteiger partial charge in [-0.15, -0.1) is 34.0 Å². The van der Waals surface area contributed by atoms with E-state index in [4.69, 9.17) is 0 Å². The molecule has 0 atom stereocenters. The van der Waals surface area contributed by atoms with Gasteiger partial charge in [0.2, 0.25) is 0 Å². The number of hydrogen-bond donors (Lipinski definition) is 0. The van der Waals surface area contributed by atoms with E-state index in [1.807, 2.05) is 0 Å². The zero-order valence-corrected chi connectivity index (χ0v) is 23.8. The Bertz CT molecular complexity index is 1030. The quantitative estimate of drug-likeness (QED) is 0.176. The van der Waals surface area contributed by atoms with Crippen molar-refractivity contribution in [2.75, 3.05) is 0 Å². The molecule has 0 saturated carbocycles. The third kappa shape index (κ3) is 8.04. The Labute approximate surface area is 224 Å². The first-order valence-corrected chi connectivity index (χ1v) is 15.8. The van der Waals surface area contributed by atoms with Crippen LogP contribution in [0.15, 0.2) is 24.3 Å². The predicted molar refractivity (Wildman–Crippen MR) is 155 cm³/mol. The maximum absolute atomic E-state index is 9.93. The van der Waals surface area contributed by atoms with Crippen LogP contribution in [-0.2, 0) is 12.8 Å². The summed E-state index contributed by atoms with van der Waals surface area (Å²) in [6.07, 6.45) is 17.8. The first-order valence-electron chi connectivity index (χ1n) is 13.4. The van der Waals surface area contributed by atoms with Gasteiger partial charge in [-0.3, -0.25) is 0 Å². The van der Waals surface area contributed by atoms with Crippen molar-refractivity contribution in [2.24, 2.45) is 0 Å². The van der Waals surface area contributed by atoms with E-state index in [0.29, 0.717) is 11.1 Å². The van der Waals surface area contributed by atoms with Crippen molar-refractivity contribution in [1.29, 1.82) is 10.5 Å². The molecule has 35 heavy (non-hydrogen) atoms. The Balaban J connectivity index is 1.67. The minimum absolute atomic E-state index is 0.548. The first kappa shape index (κ1) is 27.7. The van der Waals surface area contributed by atoms with Crippen LogP contribution >= 0.6 is 34.0 Å². The molecule has 0 radical (unpaired) electrons. The van der Waals surface area contributed by atoms with E-state index < -0.39 is 0 Å². The number of thiophene rings is 3. The van der Waals surface area contributed by atoms with E-state index in [2.05, 4.69) is 50.3 Å². The topological polar surface area (TPSA) is 47.6 Å². The fourth-order valence-corrected chi connectivity index (χ4v) is 7.95. The van der Waals surface area contributed by atoms with Gasteiger partial charge in [-0.1, -0.05) is 78.1 Å². The molecule has 2 nitrogen and oxygen atoms in total. The van der Waals surface area contributed by atoms with Crippen LogP contribution in [0.5, 0.6) is 0 Å². The van der Waals surface area contributed by atoms with Gasteiger partial charge in [0.1, 0.15) is 12.1 Å². The number of hydrogen-bond acceptors (Lipinski definition) is 5. The number of unbranched alkanes of at least 4 members (excludes halogenated alkanes) is 10. The average molecular weight is 523 g/mol. The summed E-state index contributed by atoms with van der Waals surface area (Å²) in [5.41, 5.74) is 1.10. The highest BCUT2D eigenvalue weighted by Crippen LogP contribution is 2.45. The first-order chi connectivity index (χ1) is 17.2. The van der Waals surface area contributed by atoms with Crippen LogP contribution in [0.2, 0.25) is 0 Å². The van der Waals surface area contributed by atoms with Crippen molar-refractivity contribution in [1.82, 2.24) is 0 Å². The van der Waals surface area contributed by atoms with Crippen LogP contribution in [0.25, 0.3) is 19.5 Å². The van der Waals surface area contributed by atoms with Gasteiger partial charge in [-0.2, -0.15) is 10.5 Å². The fraction of sp³-hybridized carbons (Fsp3) is 0.533. The third-order valence-corrected chi connectivity index (χ3v) is 10.3. The molecule has 0 bridgehead atoms. The van der Waals surface area contributed by atoms with Gasteiger partial charge in [0.25, 0.3) is 0 Å². The summed E-state index contributed by atoms with van der Waals surface area (Å²) in [6.45, 7) is 4.51. The number of aryl methyl sites for hydroxylation is 2. The molecule has 0 saturated heterocycles. The van der Waals surface area contributed by atoms with Crippen molar-refractivity contribution in [3.8, 4) is 31.6 Å². The molecule has 0 amide bonds. The summed E-state index contributed by atoms with van der Waals surface area (Å²) in [4.78, 5) is 6.93. The molecule has 5 heteroatoms. The lowest BCUT2D eigenvalue weighted by Crippen LogP contribution is -1.82. The molecule has 3 heterocycles. The molecule has 0 aliphatic carbocycles. The SMILES string of the molecule is CCCCCCCCc1ccc(-c2sc(-c3ccc(CCCCCCCC)s3)c(C#N)c2C#N)s1. The maximum Gasteiger partial charge on any atom is 0.102 e. The van der Waals surface area contributed by atoms with Crippen molar-refractivity contribution < 1.29 is 0 Å². The second-order valence-corrected chi connectivity index (χ2v) is 12.7. The molecule has 0 aromatic carbocycles. The Morgan fingerprint density at radius 2 is 0.943 bits per heavy atom. The van der Waals surface area contributed by atoms with Gasteiger partial charge in [-0.25, -0.2) is 0 Å². The van der Waals surface area contributed by atoms with Gasteiger partial charge in [0, 0.05) is 19.5 Å². The second-order valence-electron chi connectivity index (χ2n) is 9.30. The van der Waals surface area contributed by atoms with Gasteiger partial charge >= 0.3 is 0 Å². The summed E-state index contributed by atoms with van der Waals surface area (Å²) in [7, 11) is 0. The lowest BCUT2D eigenvalue weighted by molar-refractivity contribution is 0.609. The minimum Gasteiger partial charge on any atom is -0.192 e. The molecule has 0 N–H and O–H groups in total. The monoisotopic (exact) mass is 522 g/mol. The Morgan fingerprint density at radius 1 is 0.543 bits per heavy atom. The number of rotatable bonds is 16. The van der Waals surface area contributed by atoms with Crippen LogP contribution in [0, 0.1) is 22.7 Å². The molecule has 3 rings (SSSR count). The molecule has 3 aromatic rings. The number of nitriles is 2. The van der Waals surface area contributed by atoms with Gasteiger partial charge < -0.3 is 0 Å². The van der Waals surface area contributed by atoms with Gasteiger partial charge in [0.05, 0.1) is 20.9 Å². The summed E-state index contributed by atoms with van der Waals surface area (Å²) in [5.74, 6) is 0. The molecular weight excluding hydrogens is 485 g/mol. The second kappa shape index (κ2) is 15.2. The third-order valence-electron chi connectivity index (χ3n) is 6.46.